The van der Waals surface area contributed by atoms with E-state index in [-0.39, 0.29) is 5.92 Å². The Kier molecular flexibility index (Phi) is 3.35. The molecule has 2 heteroatoms. The molecule has 0 N–H and O–H groups in total. The van der Waals surface area contributed by atoms with Crippen LogP contribution >= 0.6 is 0 Å². The highest BCUT2D eigenvalue weighted by Crippen LogP contribution is 1.88. The predicted molar refractivity (Wildman–Crippen MR) is 26.7 cm³/mol. The fraction of sp³-hybridized carbons (Fsp3) is 0.800. The summed E-state index contributed by atoms with van der Waals surface area (Å²) in [5, 5.41) is 8.14. The minimum absolute atomic E-state index is 0.0324. The molecule has 0 saturated carbocycles. The van der Waals surface area contributed by atoms with Crippen LogP contribution in [0.2, 0.25) is 0 Å². The highest BCUT2D eigenvalue weighted by molar-refractivity contribution is 4.77. The van der Waals surface area contributed by atoms with Gasteiger partial charge in [0, 0.05) is 7.11 Å². The Hall–Kier alpha value is -0.550. The quantitative estimate of drug-likeness (QED) is 0.512. The third kappa shape index (κ3) is 3.28. The molecule has 0 fully saturated rings. The lowest BCUT2D eigenvalue weighted by Crippen LogP contribution is -1.98. The molecule has 0 spiro atoms. The molecule has 0 saturated heterocycles. The molecule has 0 aromatic carbocycles. The van der Waals surface area contributed by atoms with Gasteiger partial charge < -0.3 is 4.74 Å². The zero-order valence-electron chi connectivity index (χ0n) is 4.64. The van der Waals surface area contributed by atoms with E-state index < -0.39 is 0 Å². The van der Waals surface area contributed by atoms with Gasteiger partial charge in [0.25, 0.3) is 0 Å². The molecule has 0 aliphatic heterocycles. The van der Waals surface area contributed by atoms with Gasteiger partial charge >= 0.3 is 0 Å². The molecule has 1 atom stereocenters. The van der Waals surface area contributed by atoms with Gasteiger partial charge in [-0.2, -0.15) is 5.26 Å². The summed E-state index contributed by atoms with van der Waals surface area (Å²) in [6, 6.07) is 2.04. The lowest BCUT2D eigenvalue weighted by molar-refractivity contribution is 0.178. The van der Waals surface area contributed by atoms with Crippen molar-refractivity contribution in [2.45, 2.75) is 6.92 Å². The standard InChI is InChI=1S/C5H9NO/c1-5(3-6)4-7-2/h5H,4H2,1-2H3/t5-/m0/s1. The molecular weight excluding hydrogens is 90.1 g/mol. The van der Waals surface area contributed by atoms with E-state index in [1.165, 1.54) is 0 Å². The lowest BCUT2D eigenvalue weighted by atomic mass is 10.2. The van der Waals surface area contributed by atoms with E-state index in [1.54, 1.807) is 7.11 Å². The number of ether oxygens (including phenoxy) is 1. The van der Waals surface area contributed by atoms with Crippen LogP contribution in [-0.4, -0.2) is 13.7 Å². The Bertz CT molecular complexity index is 74.6. The molecular formula is C5H9NO. The maximum Gasteiger partial charge on any atom is 0.0677 e. The van der Waals surface area contributed by atoms with Crippen LogP contribution in [0.5, 0.6) is 0 Å². The van der Waals surface area contributed by atoms with Crippen LogP contribution < -0.4 is 0 Å². The molecule has 7 heavy (non-hydrogen) atoms. The molecule has 0 aromatic heterocycles. The largest absolute Gasteiger partial charge is 0.383 e. The highest BCUT2D eigenvalue weighted by atomic mass is 16.5. The van der Waals surface area contributed by atoms with E-state index in [2.05, 4.69) is 4.74 Å². The first-order valence-corrected chi connectivity index (χ1v) is 2.19. The fourth-order valence-corrected chi connectivity index (χ4v) is 0.287. The second-order valence-electron chi connectivity index (χ2n) is 1.49. The Morgan fingerprint density at radius 1 is 1.86 bits per heavy atom. The molecule has 0 amide bonds. The number of hydrogen-bond acceptors (Lipinski definition) is 2. The van der Waals surface area contributed by atoms with Gasteiger partial charge in [-0.25, -0.2) is 0 Å². The van der Waals surface area contributed by atoms with Gasteiger partial charge in [-0.05, 0) is 6.92 Å². The number of rotatable bonds is 2. The van der Waals surface area contributed by atoms with Gasteiger partial charge in [0.1, 0.15) is 0 Å². The summed E-state index contributed by atoms with van der Waals surface area (Å²) in [6.07, 6.45) is 0. The molecule has 0 aliphatic rings. The molecule has 0 radical (unpaired) electrons. The van der Waals surface area contributed by atoms with Crippen molar-refractivity contribution in [3.8, 4) is 6.07 Å². The van der Waals surface area contributed by atoms with Crippen LogP contribution in [0.3, 0.4) is 0 Å². The Morgan fingerprint density at radius 3 is 2.57 bits per heavy atom. The number of hydrogen-bond donors (Lipinski definition) is 0. The van der Waals surface area contributed by atoms with E-state index in [1.807, 2.05) is 13.0 Å². The normalized spacial score (nSPS) is 12.7. The molecule has 0 unspecified atom stereocenters. The molecule has 0 heterocycles. The maximum atomic E-state index is 8.14. The summed E-state index contributed by atoms with van der Waals surface area (Å²) in [5.74, 6) is 0.0324. The minimum Gasteiger partial charge on any atom is -0.383 e. The maximum absolute atomic E-state index is 8.14. The second-order valence-corrected chi connectivity index (χ2v) is 1.49. The Labute approximate surface area is 43.7 Å². The zero-order chi connectivity index (χ0) is 5.70. The van der Waals surface area contributed by atoms with Crippen LogP contribution in [0, 0.1) is 17.2 Å². The van der Waals surface area contributed by atoms with Gasteiger partial charge in [-0.1, -0.05) is 0 Å². The first-order chi connectivity index (χ1) is 3.31. The van der Waals surface area contributed by atoms with Gasteiger partial charge in [0.15, 0.2) is 0 Å². The molecule has 0 rings (SSSR count). The minimum atomic E-state index is 0.0324. The summed E-state index contributed by atoms with van der Waals surface area (Å²) in [4.78, 5) is 0. The average molecular weight is 99.1 g/mol. The van der Waals surface area contributed by atoms with Gasteiger partial charge in [0.2, 0.25) is 0 Å². The van der Waals surface area contributed by atoms with E-state index in [0.717, 1.165) is 0 Å². The summed E-state index contributed by atoms with van der Waals surface area (Å²) in [5.41, 5.74) is 0. The van der Waals surface area contributed by atoms with Crippen LogP contribution in [0.15, 0.2) is 0 Å². The van der Waals surface area contributed by atoms with Crippen LogP contribution in [0.25, 0.3) is 0 Å². The molecule has 40 valence electrons. The van der Waals surface area contributed by atoms with Crippen LogP contribution in [-0.2, 0) is 4.74 Å². The van der Waals surface area contributed by atoms with Gasteiger partial charge in [0.05, 0.1) is 18.6 Å². The van der Waals surface area contributed by atoms with Crippen molar-refractivity contribution in [1.29, 1.82) is 5.26 Å². The van der Waals surface area contributed by atoms with Crippen molar-refractivity contribution >= 4 is 0 Å². The molecule has 2 nitrogen and oxygen atoms in total. The highest BCUT2D eigenvalue weighted by Gasteiger charge is 1.93. The number of methoxy groups -OCH3 is 1. The van der Waals surface area contributed by atoms with E-state index in [0.29, 0.717) is 6.61 Å². The summed E-state index contributed by atoms with van der Waals surface area (Å²) in [7, 11) is 1.59. The van der Waals surface area contributed by atoms with Gasteiger partial charge in [-0.15, -0.1) is 0 Å². The molecule has 0 aliphatic carbocycles. The van der Waals surface area contributed by atoms with Crippen molar-refractivity contribution in [3.05, 3.63) is 0 Å². The SMILES string of the molecule is COC[C@@H](C)C#N. The van der Waals surface area contributed by atoms with Crippen molar-refractivity contribution in [2.75, 3.05) is 13.7 Å². The average Bonchev–Trinajstić information content (AvgIpc) is 1.68. The third-order valence-corrected chi connectivity index (χ3v) is 0.637. The Morgan fingerprint density at radius 2 is 2.43 bits per heavy atom. The van der Waals surface area contributed by atoms with Crippen molar-refractivity contribution < 1.29 is 4.74 Å². The van der Waals surface area contributed by atoms with E-state index in [4.69, 9.17) is 5.26 Å². The van der Waals surface area contributed by atoms with Crippen molar-refractivity contribution in [3.63, 3.8) is 0 Å². The first-order valence-electron chi connectivity index (χ1n) is 2.19. The van der Waals surface area contributed by atoms with Gasteiger partial charge in [-0.3, -0.25) is 0 Å². The fourth-order valence-electron chi connectivity index (χ4n) is 0.287. The van der Waals surface area contributed by atoms with Crippen LogP contribution in [0.4, 0.5) is 0 Å². The second kappa shape index (κ2) is 3.63. The molecule has 0 aromatic rings. The third-order valence-electron chi connectivity index (χ3n) is 0.637. The van der Waals surface area contributed by atoms with Crippen molar-refractivity contribution in [1.82, 2.24) is 0 Å². The van der Waals surface area contributed by atoms with Crippen molar-refractivity contribution in [2.24, 2.45) is 5.92 Å². The van der Waals surface area contributed by atoms with E-state index >= 15 is 0 Å². The topological polar surface area (TPSA) is 33.0 Å². The number of nitrogens with zero attached hydrogens (tertiary/aromatic N) is 1. The van der Waals surface area contributed by atoms with Crippen LogP contribution in [0.1, 0.15) is 6.92 Å². The lowest BCUT2D eigenvalue weighted by Gasteiger charge is -1.95. The zero-order valence-corrected chi connectivity index (χ0v) is 4.64. The smallest absolute Gasteiger partial charge is 0.0677 e. The summed E-state index contributed by atoms with van der Waals surface area (Å²) < 4.78 is 4.67. The first kappa shape index (κ1) is 6.45. The predicted octanol–water partition coefficient (Wildman–Crippen LogP) is 0.792. The number of nitriles is 1. The monoisotopic (exact) mass is 99.1 g/mol. The molecule has 0 bridgehead atoms. The Balaban J connectivity index is 3.04. The summed E-state index contributed by atoms with van der Waals surface area (Å²) in [6.45, 7) is 2.36. The summed E-state index contributed by atoms with van der Waals surface area (Å²) >= 11 is 0. The van der Waals surface area contributed by atoms with E-state index in [9.17, 15) is 0 Å².